The molecule has 0 radical (unpaired) electrons. The molecule has 0 aromatic heterocycles. The van der Waals surface area contributed by atoms with Gasteiger partial charge >= 0.3 is 5.97 Å². The fourth-order valence-electron chi connectivity index (χ4n) is 2.63. The summed E-state index contributed by atoms with van der Waals surface area (Å²) in [6.07, 6.45) is 1.91. The van der Waals surface area contributed by atoms with Gasteiger partial charge in [-0.1, -0.05) is 12.1 Å². The zero-order chi connectivity index (χ0) is 14.5. The first-order chi connectivity index (χ1) is 9.65. The summed E-state index contributed by atoms with van der Waals surface area (Å²) in [6.45, 7) is 1.57. The Labute approximate surface area is 118 Å². The molecule has 5 nitrogen and oxygen atoms in total. The van der Waals surface area contributed by atoms with E-state index < -0.39 is 0 Å². The van der Waals surface area contributed by atoms with Crippen molar-refractivity contribution in [3.05, 3.63) is 35.4 Å². The summed E-state index contributed by atoms with van der Waals surface area (Å²) in [4.78, 5) is 25.5. The fourth-order valence-corrected chi connectivity index (χ4v) is 2.63. The summed E-state index contributed by atoms with van der Waals surface area (Å²) >= 11 is 0. The summed E-state index contributed by atoms with van der Waals surface area (Å²) in [5, 5.41) is 2.71. The minimum absolute atomic E-state index is 0.0617. The highest BCUT2D eigenvalue weighted by Crippen LogP contribution is 2.20. The van der Waals surface area contributed by atoms with Crippen LogP contribution in [0.4, 0.5) is 0 Å². The number of methoxy groups -OCH3 is 1. The van der Waals surface area contributed by atoms with Gasteiger partial charge in [0, 0.05) is 13.6 Å². The van der Waals surface area contributed by atoms with Crippen molar-refractivity contribution in [3.8, 4) is 0 Å². The maximum absolute atomic E-state index is 11.8. The Morgan fingerprint density at radius 2 is 2.25 bits per heavy atom. The van der Waals surface area contributed by atoms with Gasteiger partial charge in [0.2, 0.25) is 5.91 Å². The van der Waals surface area contributed by atoms with Crippen molar-refractivity contribution in [3.63, 3.8) is 0 Å². The average molecular weight is 276 g/mol. The topological polar surface area (TPSA) is 58.6 Å². The number of ether oxygens (including phenoxy) is 1. The minimum atomic E-state index is -0.337. The molecular formula is C15H20N2O3. The summed E-state index contributed by atoms with van der Waals surface area (Å²) in [6, 6.07) is 7.29. The number of hydrogen-bond donors (Lipinski definition) is 1. The van der Waals surface area contributed by atoms with E-state index in [9.17, 15) is 9.59 Å². The number of benzene rings is 1. The maximum atomic E-state index is 11.8. The molecule has 0 bridgehead atoms. The van der Waals surface area contributed by atoms with E-state index in [0.717, 1.165) is 24.9 Å². The molecule has 1 unspecified atom stereocenters. The zero-order valence-corrected chi connectivity index (χ0v) is 11.9. The van der Waals surface area contributed by atoms with Crippen LogP contribution in [0.5, 0.6) is 0 Å². The number of esters is 1. The van der Waals surface area contributed by atoms with Crippen molar-refractivity contribution in [1.82, 2.24) is 10.2 Å². The van der Waals surface area contributed by atoms with Gasteiger partial charge in [-0.3, -0.25) is 9.69 Å². The van der Waals surface area contributed by atoms with Gasteiger partial charge in [0.25, 0.3) is 0 Å². The number of carbonyl (C=O) groups is 2. The Kier molecular flexibility index (Phi) is 4.74. The third-order valence-electron chi connectivity index (χ3n) is 3.65. The van der Waals surface area contributed by atoms with Gasteiger partial charge in [0.05, 0.1) is 18.7 Å². The van der Waals surface area contributed by atoms with E-state index >= 15 is 0 Å². The predicted molar refractivity (Wildman–Crippen MR) is 75.3 cm³/mol. The molecule has 1 aliphatic rings. The molecule has 1 saturated heterocycles. The van der Waals surface area contributed by atoms with Gasteiger partial charge in [-0.25, -0.2) is 4.79 Å². The van der Waals surface area contributed by atoms with Crippen LogP contribution in [0.2, 0.25) is 0 Å². The van der Waals surface area contributed by atoms with E-state index in [2.05, 4.69) is 10.2 Å². The molecule has 20 heavy (non-hydrogen) atoms. The normalized spacial score (nSPS) is 18.8. The molecule has 1 N–H and O–H groups in total. The highest BCUT2D eigenvalue weighted by atomic mass is 16.5. The van der Waals surface area contributed by atoms with Crippen molar-refractivity contribution in [2.24, 2.45) is 0 Å². The van der Waals surface area contributed by atoms with Crippen LogP contribution in [0, 0.1) is 0 Å². The lowest BCUT2D eigenvalue weighted by Crippen LogP contribution is -2.41. The number of rotatable bonds is 4. The summed E-state index contributed by atoms with van der Waals surface area (Å²) < 4.78 is 4.72. The van der Waals surface area contributed by atoms with E-state index in [0.29, 0.717) is 12.1 Å². The van der Waals surface area contributed by atoms with Crippen molar-refractivity contribution in [2.75, 3.05) is 20.7 Å². The molecule has 0 aliphatic carbocycles. The van der Waals surface area contributed by atoms with Crippen LogP contribution in [0.25, 0.3) is 0 Å². The monoisotopic (exact) mass is 276 g/mol. The van der Waals surface area contributed by atoms with Crippen LogP contribution in [0.15, 0.2) is 24.3 Å². The molecule has 1 aromatic rings. The number of amides is 1. The fraction of sp³-hybridized carbons (Fsp3) is 0.467. The highest BCUT2D eigenvalue weighted by Gasteiger charge is 2.29. The largest absolute Gasteiger partial charge is 0.465 e. The summed E-state index contributed by atoms with van der Waals surface area (Å²) in [5.41, 5.74) is 1.56. The van der Waals surface area contributed by atoms with Gasteiger partial charge in [-0.15, -0.1) is 0 Å². The van der Waals surface area contributed by atoms with Crippen LogP contribution in [0.1, 0.15) is 28.8 Å². The molecular weight excluding hydrogens is 256 g/mol. The molecule has 1 atom stereocenters. The Hall–Kier alpha value is -1.88. The quantitative estimate of drug-likeness (QED) is 0.839. The lowest BCUT2D eigenvalue weighted by Gasteiger charge is -2.23. The molecule has 1 amide bonds. The van der Waals surface area contributed by atoms with E-state index in [-0.39, 0.29) is 17.9 Å². The smallest absolute Gasteiger partial charge is 0.337 e. The number of hydrogen-bond acceptors (Lipinski definition) is 4. The first-order valence-electron chi connectivity index (χ1n) is 6.78. The summed E-state index contributed by atoms with van der Waals surface area (Å²) in [5.74, 6) is -0.275. The standard InChI is InChI=1S/C15H20N2O3/c1-16-14(18)13-7-4-8-17(13)10-11-5-3-6-12(9-11)15(19)20-2/h3,5-6,9,13H,4,7-8,10H2,1-2H3,(H,16,18). The molecule has 0 spiro atoms. The van der Waals surface area contributed by atoms with Gasteiger partial charge in [0.1, 0.15) is 0 Å². The SMILES string of the molecule is CNC(=O)C1CCCN1Cc1cccc(C(=O)OC)c1. The van der Waals surface area contributed by atoms with E-state index in [1.165, 1.54) is 7.11 Å². The zero-order valence-electron chi connectivity index (χ0n) is 11.9. The first-order valence-corrected chi connectivity index (χ1v) is 6.78. The molecule has 5 heteroatoms. The second-order valence-electron chi connectivity index (χ2n) is 4.93. The second kappa shape index (κ2) is 6.52. The number of nitrogens with zero attached hydrogens (tertiary/aromatic N) is 1. The Morgan fingerprint density at radius 1 is 1.45 bits per heavy atom. The maximum Gasteiger partial charge on any atom is 0.337 e. The van der Waals surface area contributed by atoms with Crippen LogP contribution < -0.4 is 5.32 Å². The van der Waals surface area contributed by atoms with Crippen LogP contribution in [-0.4, -0.2) is 43.5 Å². The molecule has 1 aromatic carbocycles. The van der Waals surface area contributed by atoms with E-state index in [4.69, 9.17) is 4.74 Å². The summed E-state index contributed by atoms with van der Waals surface area (Å²) in [7, 11) is 3.04. The Morgan fingerprint density at radius 3 is 2.95 bits per heavy atom. The second-order valence-corrected chi connectivity index (χ2v) is 4.93. The molecule has 2 rings (SSSR count). The van der Waals surface area contributed by atoms with Gasteiger partial charge in [-0.05, 0) is 37.1 Å². The lowest BCUT2D eigenvalue weighted by molar-refractivity contribution is -0.125. The molecule has 1 aliphatic heterocycles. The van der Waals surface area contributed by atoms with Crippen molar-refractivity contribution in [2.45, 2.75) is 25.4 Å². The van der Waals surface area contributed by atoms with Crippen molar-refractivity contribution >= 4 is 11.9 Å². The van der Waals surface area contributed by atoms with Crippen LogP contribution >= 0.6 is 0 Å². The van der Waals surface area contributed by atoms with Crippen molar-refractivity contribution < 1.29 is 14.3 Å². The Bertz CT molecular complexity index is 502. The Balaban J connectivity index is 2.09. The first kappa shape index (κ1) is 14.5. The van der Waals surface area contributed by atoms with Crippen LogP contribution in [-0.2, 0) is 16.1 Å². The molecule has 1 fully saturated rings. The van der Waals surface area contributed by atoms with E-state index in [1.54, 1.807) is 13.1 Å². The van der Waals surface area contributed by atoms with Gasteiger partial charge < -0.3 is 10.1 Å². The molecule has 1 heterocycles. The van der Waals surface area contributed by atoms with Gasteiger partial charge in [0.15, 0.2) is 0 Å². The lowest BCUT2D eigenvalue weighted by atomic mass is 10.1. The molecule has 108 valence electrons. The average Bonchev–Trinajstić information content (AvgIpc) is 2.94. The van der Waals surface area contributed by atoms with Crippen molar-refractivity contribution in [1.29, 1.82) is 0 Å². The highest BCUT2D eigenvalue weighted by molar-refractivity contribution is 5.89. The van der Waals surface area contributed by atoms with E-state index in [1.807, 2.05) is 18.2 Å². The third-order valence-corrected chi connectivity index (χ3v) is 3.65. The minimum Gasteiger partial charge on any atom is -0.465 e. The molecule has 0 saturated carbocycles. The predicted octanol–water partition coefficient (Wildman–Crippen LogP) is 1.18. The number of likely N-dealkylation sites (N-methyl/N-ethyl adjacent to an activating group) is 1. The third kappa shape index (κ3) is 3.17. The number of carbonyl (C=O) groups excluding carboxylic acids is 2. The van der Waals surface area contributed by atoms with Crippen LogP contribution in [0.3, 0.4) is 0 Å². The van der Waals surface area contributed by atoms with Gasteiger partial charge in [-0.2, -0.15) is 0 Å². The number of likely N-dealkylation sites (tertiary alicyclic amines) is 1. The number of nitrogens with one attached hydrogen (secondary N) is 1.